The van der Waals surface area contributed by atoms with E-state index < -0.39 is 18.0 Å². The van der Waals surface area contributed by atoms with Crippen LogP contribution in [0.15, 0.2) is 42.6 Å². The van der Waals surface area contributed by atoms with Crippen LogP contribution in [-0.4, -0.2) is 51.7 Å². The number of halogens is 5. The Labute approximate surface area is 296 Å². The maximum Gasteiger partial charge on any atom is 0.391 e. The molecule has 2 aromatic carbocycles. The highest BCUT2D eigenvalue weighted by Gasteiger charge is 2.46. The monoisotopic (exact) mass is 724 g/mol. The van der Waals surface area contributed by atoms with E-state index in [9.17, 15) is 22.8 Å². The summed E-state index contributed by atoms with van der Waals surface area (Å²) in [5.74, 6) is -0.429. The second-order valence-corrected chi connectivity index (χ2v) is 14.1. The van der Waals surface area contributed by atoms with Gasteiger partial charge in [-0.05, 0) is 79.8 Å². The van der Waals surface area contributed by atoms with Crippen LogP contribution in [0, 0.1) is 29.1 Å². The Kier molecular flexibility index (Phi) is 9.03. The van der Waals surface area contributed by atoms with Gasteiger partial charge in [0, 0.05) is 38.9 Å². The summed E-state index contributed by atoms with van der Waals surface area (Å²) >= 11 is 13.4. The average Bonchev–Trinajstić information content (AvgIpc) is 3.59. The highest BCUT2D eigenvalue weighted by Crippen LogP contribution is 2.47. The van der Waals surface area contributed by atoms with Crippen molar-refractivity contribution < 1.29 is 22.8 Å². The molecule has 7 rings (SSSR count). The molecule has 4 aromatic rings. The number of carbonyl (C=O) groups is 2. The summed E-state index contributed by atoms with van der Waals surface area (Å²) < 4.78 is 41.6. The van der Waals surface area contributed by atoms with Crippen LogP contribution < -0.4 is 20.9 Å². The number of amides is 2. The first-order valence-corrected chi connectivity index (χ1v) is 17.2. The van der Waals surface area contributed by atoms with E-state index in [1.165, 1.54) is 24.8 Å². The van der Waals surface area contributed by atoms with Gasteiger partial charge in [-0.2, -0.15) is 18.4 Å². The Bertz CT molecular complexity index is 2010. The minimum Gasteiger partial charge on any atom is -0.370 e. The lowest BCUT2D eigenvalue weighted by Gasteiger charge is -2.31. The van der Waals surface area contributed by atoms with E-state index in [4.69, 9.17) is 33.4 Å². The highest BCUT2D eigenvalue weighted by molar-refractivity contribution is 6.39. The lowest BCUT2D eigenvalue weighted by Crippen LogP contribution is -2.40. The number of rotatable bonds is 8. The first kappa shape index (κ1) is 33.9. The number of aromatic nitrogens is 3. The molecule has 3 N–H and O–H groups in total. The number of piperidine rings is 1. The van der Waals surface area contributed by atoms with E-state index in [0.29, 0.717) is 50.7 Å². The number of aryl methyl sites for hydroxylation is 1. The zero-order valence-corrected chi connectivity index (χ0v) is 28.5. The molecule has 2 aliphatic carbocycles. The van der Waals surface area contributed by atoms with Crippen molar-refractivity contribution in [2.75, 3.05) is 23.3 Å². The molecule has 2 aromatic heterocycles. The van der Waals surface area contributed by atoms with Gasteiger partial charge in [-0.25, -0.2) is 9.97 Å². The molecule has 50 heavy (non-hydrogen) atoms. The zero-order chi connectivity index (χ0) is 35.3. The number of nitriles is 1. The number of fused-ring (bicyclic) bond motifs is 2. The Balaban J connectivity index is 1.12. The Morgan fingerprint density at radius 2 is 1.78 bits per heavy atom. The minimum atomic E-state index is -4.22. The molecular formula is C35H33Cl2F3N8O2. The Hall–Kier alpha value is -4.54. The van der Waals surface area contributed by atoms with Crippen LogP contribution in [0.3, 0.4) is 0 Å². The first-order chi connectivity index (χ1) is 23.9. The quantitative estimate of drug-likeness (QED) is 0.177. The van der Waals surface area contributed by atoms with E-state index in [0.717, 1.165) is 24.3 Å². The van der Waals surface area contributed by atoms with Gasteiger partial charge in [-0.15, -0.1) is 0 Å². The molecule has 3 fully saturated rings. The zero-order valence-electron chi connectivity index (χ0n) is 27.0. The van der Waals surface area contributed by atoms with Crippen molar-refractivity contribution in [2.45, 2.75) is 50.9 Å². The lowest BCUT2D eigenvalue weighted by molar-refractivity contribution is -0.182. The molecular weight excluding hydrogens is 692 g/mol. The largest absolute Gasteiger partial charge is 0.391 e. The molecule has 0 radical (unpaired) electrons. The van der Waals surface area contributed by atoms with Gasteiger partial charge in [-0.1, -0.05) is 29.3 Å². The minimum absolute atomic E-state index is 0.00159. The molecule has 2 saturated carbocycles. The van der Waals surface area contributed by atoms with Gasteiger partial charge < -0.3 is 25.4 Å². The maximum atomic E-state index is 13.8. The predicted octanol–water partition coefficient (Wildman–Crippen LogP) is 7.13. The van der Waals surface area contributed by atoms with Gasteiger partial charge in [0.15, 0.2) is 0 Å². The predicted molar refractivity (Wildman–Crippen MR) is 184 cm³/mol. The summed E-state index contributed by atoms with van der Waals surface area (Å²) in [6, 6.07) is 11.6. The number of anilines is 3. The Morgan fingerprint density at radius 1 is 1.04 bits per heavy atom. The number of nitrogens with one attached hydrogen (secondary N) is 3. The third kappa shape index (κ3) is 6.79. The van der Waals surface area contributed by atoms with Crippen LogP contribution in [0.4, 0.5) is 30.5 Å². The van der Waals surface area contributed by atoms with E-state index in [1.807, 2.05) is 23.8 Å². The van der Waals surface area contributed by atoms with Crippen molar-refractivity contribution >= 4 is 63.4 Å². The number of alkyl halides is 3. The van der Waals surface area contributed by atoms with Crippen molar-refractivity contribution in [1.29, 1.82) is 5.26 Å². The molecule has 2 unspecified atom stereocenters. The van der Waals surface area contributed by atoms with Crippen LogP contribution in [-0.2, 0) is 13.6 Å². The number of pyridine rings is 1. The number of hydrogen-bond acceptors (Lipinski definition) is 7. The average molecular weight is 726 g/mol. The molecule has 10 nitrogen and oxygen atoms in total. The molecule has 15 heteroatoms. The van der Waals surface area contributed by atoms with Crippen molar-refractivity contribution in [3.8, 4) is 6.07 Å². The lowest BCUT2D eigenvalue weighted by atomic mass is 9.85. The molecule has 1 aliphatic heterocycles. The van der Waals surface area contributed by atoms with Crippen molar-refractivity contribution in [1.82, 2.24) is 25.2 Å². The Morgan fingerprint density at radius 3 is 2.44 bits per heavy atom. The molecule has 3 heterocycles. The molecule has 0 bridgehead atoms. The van der Waals surface area contributed by atoms with Gasteiger partial charge in [0.2, 0.25) is 5.95 Å². The van der Waals surface area contributed by atoms with Gasteiger partial charge in [-0.3, -0.25) is 9.59 Å². The summed E-state index contributed by atoms with van der Waals surface area (Å²) in [5, 5.41) is 18.6. The fraction of sp³-hybridized carbons (Fsp3) is 0.400. The van der Waals surface area contributed by atoms with Crippen LogP contribution >= 0.6 is 23.2 Å². The smallest absolute Gasteiger partial charge is 0.370 e. The van der Waals surface area contributed by atoms with Gasteiger partial charge in [0.1, 0.15) is 11.8 Å². The summed E-state index contributed by atoms with van der Waals surface area (Å²) in [6.07, 6.45) is -1.17. The van der Waals surface area contributed by atoms with Crippen molar-refractivity contribution in [3.05, 3.63) is 75.0 Å². The van der Waals surface area contributed by atoms with Gasteiger partial charge in [0.05, 0.1) is 49.5 Å². The van der Waals surface area contributed by atoms with Crippen LogP contribution in [0.1, 0.15) is 64.1 Å². The molecule has 0 spiro atoms. The summed E-state index contributed by atoms with van der Waals surface area (Å²) in [4.78, 5) is 37.4. The van der Waals surface area contributed by atoms with Gasteiger partial charge >= 0.3 is 6.18 Å². The molecule has 2 amide bonds. The fourth-order valence-corrected chi connectivity index (χ4v) is 7.57. The standard InChI is InChI=1S/C35H33Cl2F3N8O2/c1-47-29-12-28(48-16-20-10-21(20)17-48)25(33(50)44-23-7-4-22(5-8-23)35(38,39)40)11-27(29)45-34(47)46-31-26(36)9-3-18(30(31)37)14-43-32(49)19-2-6-24(13-41)42-15-19/h2-3,6,9,11-12,15,20-23H,4-5,7-8,10,14,16-17H2,1H3,(H,43,49)(H,44,50)(H,45,46). The molecule has 2 atom stereocenters. The third-order valence-corrected chi connectivity index (χ3v) is 10.8. The van der Waals surface area contributed by atoms with E-state index in [-0.39, 0.29) is 54.9 Å². The molecule has 1 saturated heterocycles. The van der Waals surface area contributed by atoms with Crippen LogP contribution in [0.2, 0.25) is 10.0 Å². The van der Waals surface area contributed by atoms with Crippen LogP contribution in [0.25, 0.3) is 11.0 Å². The second kappa shape index (κ2) is 13.3. The number of nitrogens with zero attached hydrogens (tertiary/aromatic N) is 5. The highest BCUT2D eigenvalue weighted by atomic mass is 35.5. The molecule has 3 aliphatic rings. The SMILES string of the molecule is Cn1c(Nc2c(Cl)ccc(CNC(=O)c3ccc(C#N)nc3)c2Cl)nc2cc(C(=O)NC3CCC(C(F)(F)F)CC3)c(N3CC4CC4C3)cc21. The van der Waals surface area contributed by atoms with E-state index in [2.05, 4.69) is 25.8 Å². The van der Waals surface area contributed by atoms with Crippen molar-refractivity contribution in [3.63, 3.8) is 0 Å². The van der Waals surface area contributed by atoms with E-state index in [1.54, 1.807) is 18.2 Å². The number of hydrogen-bond donors (Lipinski definition) is 3. The summed E-state index contributed by atoms with van der Waals surface area (Å²) in [6.45, 7) is 1.77. The fourth-order valence-electron chi connectivity index (χ4n) is 7.04. The summed E-state index contributed by atoms with van der Waals surface area (Å²) in [7, 11) is 1.83. The number of carbonyl (C=O) groups excluding carboxylic acids is 2. The van der Waals surface area contributed by atoms with Crippen molar-refractivity contribution in [2.24, 2.45) is 24.8 Å². The topological polar surface area (TPSA) is 128 Å². The first-order valence-electron chi connectivity index (χ1n) is 16.4. The maximum absolute atomic E-state index is 13.8. The summed E-state index contributed by atoms with van der Waals surface area (Å²) in [5.41, 5.74) is 3.97. The van der Waals surface area contributed by atoms with Crippen LogP contribution in [0.5, 0.6) is 0 Å². The second-order valence-electron chi connectivity index (χ2n) is 13.3. The van der Waals surface area contributed by atoms with Gasteiger partial charge in [0.25, 0.3) is 11.8 Å². The number of benzene rings is 2. The third-order valence-electron chi connectivity index (χ3n) is 10.1. The number of imidazole rings is 1. The van der Waals surface area contributed by atoms with E-state index >= 15 is 0 Å². The normalized spacial score (nSPS) is 21.4. The molecule has 260 valence electrons.